The van der Waals surface area contributed by atoms with Gasteiger partial charge in [-0.25, -0.2) is 13.9 Å². The van der Waals surface area contributed by atoms with E-state index in [0.717, 1.165) is 0 Å². The first-order valence-corrected chi connectivity index (χ1v) is 8.94. The molecule has 8 heteroatoms. The Hall–Kier alpha value is -3.13. The maximum absolute atomic E-state index is 12.6. The van der Waals surface area contributed by atoms with Crippen molar-refractivity contribution >= 4 is 27.8 Å². The molecule has 0 radical (unpaired) electrons. The molecule has 3 aromatic rings. The van der Waals surface area contributed by atoms with Gasteiger partial charge in [0.1, 0.15) is 15.8 Å². The molecule has 0 aliphatic carbocycles. The molecule has 132 valence electrons. The summed E-state index contributed by atoms with van der Waals surface area (Å²) in [5.41, 5.74) is 6.00. The van der Waals surface area contributed by atoms with Crippen LogP contribution in [0.2, 0.25) is 0 Å². The van der Waals surface area contributed by atoms with E-state index in [1.54, 1.807) is 43.7 Å². The SMILES string of the molecule is CN=CC=C(N)Cn1ncc2cc(S(=O)c3ccccc3)ncc2c1=O. The van der Waals surface area contributed by atoms with Crippen LogP contribution in [0.3, 0.4) is 0 Å². The summed E-state index contributed by atoms with van der Waals surface area (Å²) < 4.78 is 13.9. The largest absolute Gasteiger partial charge is 0.400 e. The predicted molar refractivity (Wildman–Crippen MR) is 102 cm³/mol. The second-order valence-electron chi connectivity index (χ2n) is 5.45. The number of fused-ring (bicyclic) bond motifs is 1. The van der Waals surface area contributed by atoms with E-state index in [-0.39, 0.29) is 12.1 Å². The molecule has 0 aliphatic rings. The van der Waals surface area contributed by atoms with Crippen LogP contribution in [0.1, 0.15) is 0 Å². The molecular weight excluding hydrogens is 350 g/mol. The lowest BCUT2D eigenvalue weighted by atomic mass is 10.2. The van der Waals surface area contributed by atoms with E-state index in [4.69, 9.17) is 5.73 Å². The van der Waals surface area contributed by atoms with Gasteiger partial charge in [0.2, 0.25) is 0 Å². The topological polar surface area (TPSA) is 103 Å². The van der Waals surface area contributed by atoms with Crippen LogP contribution in [0.15, 0.2) is 80.3 Å². The maximum Gasteiger partial charge on any atom is 0.276 e. The molecule has 0 spiro atoms. The van der Waals surface area contributed by atoms with E-state index in [1.807, 2.05) is 18.2 Å². The van der Waals surface area contributed by atoms with E-state index in [9.17, 15) is 9.00 Å². The standard InChI is InChI=1S/C18H17N5O2S/c1-20-8-7-14(19)12-23-18(24)16-11-21-17(9-13(16)10-22-23)26(25)15-5-3-2-4-6-15/h2-11H,12,19H2,1H3. The van der Waals surface area contributed by atoms with Crippen molar-refractivity contribution in [3.63, 3.8) is 0 Å². The van der Waals surface area contributed by atoms with Crippen LogP contribution in [-0.4, -0.2) is 32.2 Å². The van der Waals surface area contributed by atoms with Crippen LogP contribution in [0.5, 0.6) is 0 Å². The van der Waals surface area contributed by atoms with Gasteiger partial charge in [0.15, 0.2) is 0 Å². The van der Waals surface area contributed by atoms with Crippen molar-refractivity contribution in [2.24, 2.45) is 10.7 Å². The molecule has 0 saturated carbocycles. The maximum atomic E-state index is 12.6. The number of nitrogens with zero attached hydrogens (tertiary/aromatic N) is 4. The zero-order chi connectivity index (χ0) is 18.5. The Morgan fingerprint density at radius 3 is 2.81 bits per heavy atom. The van der Waals surface area contributed by atoms with Crippen LogP contribution in [-0.2, 0) is 17.3 Å². The molecule has 2 aromatic heterocycles. The lowest BCUT2D eigenvalue weighted by Gasteiger charge is -2.07. The molecule has 26 heavy (non-hydrogen) atoms. The zero-order valence-electron chi connectivity index (χ0n) is 14.1. The number of allylic oxidation sites excluding steroid dienone is 2. The Balaban J connectivity index is 1.96. The van der Waals surface area contributed by atoms with E-state index in [0.29, 0.717) is 26.4 Å². The average molecular weight is 367 g/mol. The van der Waals surface area contributed by atoms with Crippen molar-refractivity contribution in [3.05, 3.63) is 70.9 Å². The summed E-state index contributed by atoms with van der Waals surface area (Å²) >= 11 is 0. The number of rotatable bonds is 5. The Morgan fingerprint density at radius 1 is 1.31 bits per heavy atom. The minimum Gasteiger partial charge on any atom is -0.400 e. The van der Waals surface area contributed by atoms with Crippen LogP contribution < -0.4 is 11.3 Å². The summed E-state index contributed by atoms with van der Waals surface area (Å²) in [6, 6.07) is 10.7. The molecule has 1 unspecified atom stereocenters. The van der Waals surface area contributed by atoms with Gasteiger partial charge in [-0.15, -0.1) is 0 Å². The van der Waals surface area contributed by atoms with Gasteiger partial charge in [-0.2, -0.15) is 5.10 Å². The highest BCUT2D eigenvalue weighted by Crippen LogP contribution is 2.17. The van der Waals surface area contributed by atoms with Gasteiger partial charge >= 0.3 is 0 Å². The smallest absolute Gasteiger partial charge is 0.276 e. The summed E-state index contributed by atoms with van der Waals surface area (Å²) in [7, 11) is 0.213. The number of hydrogen-bond donors (Lipinski definition) is 1. The molecule has 0 amide bonds. The summed E-state index contributed by atoms with van der Waals surface area (Å²) in [5.74, 6) is 0. The third-order valence-electron chi connectivity index (χ3n) is 3.63. The summed E-state index contributed by atoms with van der Waals surface area (Å²) in [6.07, 6.45) is 6.14. The number of hydrogen-bond acceptors (Lipinski definition) is 6. The van der Waals surface area contributed by atoms with Crippen LogP contribution in [0, 0.1) is 0 Å². The monoisotopic (exact) mass is 367 g/mol. The Bertz CT molecular complexity index is 1070. The minimum absolute atomic E-state index is 0.151. The van der Waals surface area contributed by atoms with E-state index in [1.165, 1.54) is 10.9 Å². The van der Waals surface area contributed by atoms with Gasteiger partial charge in [-0.05, 0) is 24.3 Å². The predicted octanol–water partition coefficient (Wildman–Crippen LogP) is 1.50. The molecule has 7 nitrogen and oxygen atoms in total. The Morgan fingerprint density at radius 2 is 2.08 bits per heavy atom. The third kappa shape index (κ3) is 3.75. The first kappa shape index (κ1) is 17.7. The normalized spacial score (nSPS) is 13.3. The Kier molecular flexibility index (Phi) is 5.33. The van der Waals surface area contributed by atoms with Crippen LogP contribution in [0.4, 0.5) is 0 Å². The van der Waals surface area contributed by atoms with Gasteiger partial charge in [0, 0.05) is 35.4 Å². The molecule has 0 bridgehead atoms. The fourth-order valence-corrected chi connectivity index (χ4v) is 3.36. The molecule has 3 rings (SSSR count). The van der Waals surface area contributed by atoms with Gasteiger partial charge in [0.05, 0.1) is 18.1 Å². The van der Waals surface area contributed by atoms with Crippen molar-refractivity contribution in [1.82, 2.24) is 14.8 Å². The highest BCUT2D eigenvalue weighted by atomic mass is 32.2. The molecule has 0 fully saturated rings. The first-order chi connectivity index (χ1) is 12.6. The van der Waals surface area contributed by atoms with Gasteiger partial charge in [-0.1, -0.05) is 18.2 Å². The first-order valence-electron chi connectivity index (χ1n) is 7.79. The molecule has 0 aliphatic heterocycles. The van der Waals surface area contributed by atoms with Gasteiger partial charge in [-0.3, -0.25) is 9.79 Å². The molecule has 1 aromatic carbocycles. The lowest BCUT2D eigenvalue weighted by molar-refractivity contribution is 0.635. The number of aromatic nitrogens is 3. The molecular formula is C18H17N5O2S. The quantitative estimate of drug-likeness (QED) is 0.688. The van der Waals surface area contributed by atoms with Gasteiger partial charge in [0.25, 0.3) is 5.56 Å². The van der Waals surface area contributed by atoms with Gasteiger partial charge < -0.3 is 5.73 Å². The minimum atomic E-state index is -1.42. The zero-order valence-corrected chi connectivity index (χ0v) is 14.9. The lowest BCUT2D eigenvalue weighted by Crippen LogP contribution is -2.25. The highest BCUT2D eigenvalue weighted by Gasteiger charge is 2.11. The summed E-state index contributed by atoms with van der Waals surface area (Å²) in [5, 5.41) is 5.49. The second kappa shape index (κ2) is 7.83. The fraction of sp³-hybridized carbons (Fsp3) is 0.111. The van der Waals surface area contributed by atoms with Crippen molar-refractivity contribution in [1.29, 1.82) is 0 Å². The number of aliphatic imine (C=N–C) groups is 1. The molecule has 1 atom stereocenters. The van der Waals surface area contributed by atoms with Crippen LogP contribution >= 0.6 is 0 Å². The highest BCUT2D eigenvalue weighted by molar-refractivity contribution is 7.85. The number of pyridine rings is 1. The number of nitrogens with two attached hydrogens (primary N) is 1. The molecule has 2 heterocycles. The second-order valence-corrected chi connectivity index (χ2v) is 6.87. The fourth-order valence-electron chi connectivity index (χ4n) is 2.33. The third-order valence-corrected chi connectivity index (χ3v) is 4.93. The van der Waals surface area contributed by atoms with E-state index < -0.39 is 10.8 Å². The van der Waals surface area contributed by atoms with E-state index >= 15 is 0 Å². The molecule has 2 N–H and O–H groups in total. The van der Waals surface area contributed by atoms with Crippen molar-refractivity contribution < 1.29 is 4.21 Å². The average Bonchev–Trinajstić information content (AvgIpc) is 2.68. The Labute approximate surface area is 152 Å². The number of benzene rings is 1. The van der Waals surface area contributed by atoms with E-state index in [2.05, 4.69) is 15.1 Å². The molecule has 0 saturated heterocycles. The van der Waals surface area contributed by atoms with Crippen molar-refractivity contribution in [2.45, 2.75) is 16.5 Å². The van der Waals surface area contributed by atoms with Crippen LogP contribution in [0.25, 0.3) is 10.8 Å². The van der Waals surface area contributed by atoms with Crippen molar-refractivity contribution in [3.8, 4) is 0 Å². The summed E-state index contributed by atoms with van der Waals surface area (Å²) in [4.78, 5) is 21.2. The van der Waals surface area contributed by atoms with Crippen molar-refractivity contribution in [2.75, 3.05) is 7.05 Å². The summed E-state index contributed by atoms with van der Waals surface area (Å²) in [6.45, 7) is 0.151.